The number of ether oxygens (including phenoxy) is 2. The number of nitrogens with zero attached hydrogens (tertiary/aromatic N) is 1. The first kappa shape index (κ1) is 21.4. The lowest BCUT2D eigenvalue weighted by atomic mass is 10.1. The van der Waals surface area contributed by atoms with Crippen LogP contribution in [0.3, 0.4) is 0 Å². The molecule has 0 atom stereocenters. The fourth-order valence-electron chi connectivity index (χ4n) is 2.81. The van der Waals surface area contributed by atoms with E-state index >= 15 is 0 Å². The zero-order chi connectivity index (χ0) is 22.0. The predicted octanol–water partition coefficient (Wildman–Crippen LogP) is 4.58. The van der Waals surface area contributed by atoms with Crippen molar-refractivity contribution >= 4 is 17.6 Å². The minimum absolute atomic E-state index is 0.0448. The normalized spacial score (nSPS) is 10.7. The van der Waals surface area contributed by atoms with Crippen LogP contribution in [0.5, 0.6) is 5.75 Å². The molecule has 0 aliphatic heterocycles. The third-order valence-electron chi connectivity index (χ3n) is 4.31. The summed E-state index contributed by atoms with van der Waals surface area (Å²) in [4.78, 5) is 24.5. The number of methoxy groups -OCH3 is 1. The maximum atomic E-state index is 14.4. The number of aryl methyl sites for hydroxylation is 1. The monoisotopic (exact) mass is 437 g/mol. The van der Waals surface area contributed by atoms with Crippen molar-refractivity contribution in [2.75, 3.05) is 7.11 Å². The average Bonchev–Trinajstić information content (AvgIpc) is 2.71. The van der Waals surface area contributed by atoms with Crippen LogP contribution in [0.2, 0.25) is 5.02 Å². The highest BCUT2D eigenvalue weighted by atomic mass is 35.5. The Bertz CT molecular complexity index is 1190. The zero-order valence-electron chi connectivity index (χ0n) is 15.8. The number of rotatable bonds is 5. The molecule has 3 rings (SSSR count). The summed E-state index contributed by atoms with van der Waals surface area (Å²) in [7, 11) is 1.18. The van der Waals surface area contributed by atoms with E-state index in [9.17, 15) is 22.8 Å². The summed E-state index contributed by atoms with van der Waals surface area (Å²) in [6, 6.07) is 7.78. The van der Waals surface area contributed by atoms with Gasteiger partial charge in [0.15, 0.2) is 0 Å². The Morgan fingerprint density at radius 3 is 2.47 bits per heavy atom. The Hall–Kier alpha value is -3.26. The average molecular weight is 438 g/mol. The van der Waals surface area contributed by atoms with Crippen LogP contribution in [0, 0.1) is 24.4 Å². The van der Waals surface area contributed by atoms with E-state index in [0.717, 1.165) is 16.7 Å². The molecule has 0 fully saturated rings. The molecule has 5 nitrogen and oxygen atoms in total. The van der Waals surface area contributed by atoms with E-state index in [1.54, 1.807) is 0 Å². The van der Waals surface area contributed by atoms with Gasteiger partial charge in [-0.05, 0) is 37.3 Å². The van der Waals surface area contributed by atoms with E-state index in [0.29, 0.717) is 6.07 Å². The fraction of sp³-hybridized carbons (Fsp3) is 0.143. The van der Waals surface area contributed by atoms with Crippen molar-refractivity contribution < 1.29 is 27.4 Å². The van der Waals surface area contributed by atoms with Crippen molar-refractivity contribution in [2.24, 2.45) is 0 Å². The SMILES string of the molecule is COC(=O)c1ccc(F)c(-n2c(C)cc(OCc3ccc(F)cc3F)c(Cl)c2=O)c1. The molecule has 0 unspecified atom stereocenters. The first-order chi connectivity index (χ1) is 14.2. The van der Waals surface area contributed by atoms with Gasteiger partial charge in [-0.15, -0.1) is 0 Å². The second-order valence-electron chi connectivity index (χ2n) is 6.29. The standard InChI is InChI=1S/C21H15ClF3NO4/c1-11-7-18(30-10-13-3-5-14(23)9-16(13)25)19(22)20(27)26(11)17-8-12(21(28)29-2)4-6-15(17)24/h3-9H,10H2,1-2H3. The highest BCUT2D eigenvalue weighted by Gasteiger charge is 2.18. The van der Waals surface area contributed by atoms with Crippen LogP contribution in [0.4, 0.5) is 13.2 Å². The van der Waals surface area contributed by atoms with Crippen molar-refractivity contribution in [3.63, 3.8) is 0 Å². The summed E-state index contributed by atoms with van der Waals surface area (Å²) in [6.07, 6.45) is 0. The Morgan fingerprint density at radius 1 is 1.07 bits per heavy atom. The van der Waals surface area contributed by atoms with Crippen molar-refractivity contribution in [3.05, 3.63) is 92.1 Å². The van der Waals surface area contributed by atoms with Gasteiger partial charge in [-0.25, -0.2) is 18.0 Å². The number of halogens is 4. The first-order valence-corrected chi connectivity index (χ1v) is 8.98. The van der Waals surface area contributed by atoms with Crippen molar-refractivity contribution in [2.45, 2.75) is 13.5 Å². The molecule has 0 saturated heterocycles. The Kier molecular flexibility index (Phi) is 6.17. The molecule has 0 amide bonds. The molecule has 30 heavy (non-hydrogen) atoms. The summed E-state index contributed by atoms with van der Waals surface area (Å²) in [5, 5.41) is -0.369. The molecule has 1 heterocycles. The highest BCUT2D eigenvalue weighted by Crippen LogP contribution is 2.26. The van der Waals surface area contributed by atoms with Gasteiger partial charge in [0.2, 0.25) is 0 Å². The summed E-state index contributed by atoms with van der Waals surface area (Å²) < 4.78 is 52.2. The van der Waals surface area contributed by atoms with Gasteiger partial charge in [0.25, 0.3) is 5.56 Å². The third kappa shape index (κ3) is 4.18. The van der Waals surface area contributed by atoms with Gasteiger partial charge in [-0.3, -0.25) is 9.36 Å². The number of pyridine rings is 1. The Morgan fingerprint density at radius 2 is 1.80 bits per heavy atom. The summed E-state index contributed by atoms with van der Waals surface area (Å²) in [5.41, 5.74) is -0.639. The van der Waals surface area contributed by atoms with Gasteiger partial charge in [-0.2, -0.15) is 0 Å². The molecule has 3 aromatic rings. The van der Waals surface area contributed by atoms with E-state index in [4.69, 9.17) is 16.3 Å². The third-order valence-corrected chi connectivity index (χ3v) is 4.65. The zero-order valence-corrected chi connectivity index (χ0v) is 16.6. The summed E-state index contributed by atoms with van der Waals surface area (Å²) >= 11 is 6.11. The topological polar surface area (TPSA) is 57.5 Å². The van der Waals surface area contributed by atoms with Crippen molar-refractivity contribution in [1.82, 2.24) is 4.57 Å². The van der Waals surface area contributed by atoms with Gasteiger partial charge >= 0.3 is 5.97 Å². The fourth-order valence-corrected chi connectivity index (χ4v) is 3.00. The minimum Gasteiger partial charge on any atom is -0.487 e. The molecule has 2 aromatic carbocycles. The second kappa shape index (κ2) is 8.62. The number of esters is 1. The molecule has 0 aliphatic carbocycles. The van der Waals surface area contributed by atoms with Crippen molar-refractivity contribution in [3.8, 4) is 11.4 Å². The minimum atomic E-state index is -0.808. The predicted molar refractivity (Wildman–Crippen MR) is 104 cm³/mol. The van der Waals surface area contributed by atoms with Crippen molar-refractivity contribution in [1.29, 1.82) is 0 Å². The molecule has 156 valence electrons. The van der Waals surface area contributed by atoms with Crippen LogP contribution in [0.1, 0.15) is 21.6 Å². The summed E-state index contributed by atoms with van der Waals surface area (Å²) in [5.74, 6) is -3.05. The molecule has 0 saturated carbocycles. The number of aromatic nitrogens is 1. The van der Waals surface area contributed by atoms with E-state index in [-0.39, 0.29) is 39.9 Å². The lowest BCUT2D eigenvalue weighted by Crippen LogP contribution is -2.23. The maximum Gasteiger partial charge on any atom is 0.337 e. The lowest BCUT2D eigenvalue weighted by molar-refractivity contribution is 0.0600. The van der Waals surface area contributed by atoms with E-state index in [1.165, 1.54) is 38.3 Å². The molecule has 0 N–H and O–H groups in total. The number of benzene rings is 2. The van der Waals surface area contributed by atoms with Crippen LogP contribution >= 0.6 is 11.6 Å². The highest BCUT2D eigenvalue weighted by molar-refractivity contribution is 6.31. The Labute approximate surface area is 174 Å². The van der Waals surface area contributed by atoms with Crippen LogP contribution in [0.25, 0.3) is 5.69 Å². The van der Waals surface area contributed by atoms with Crippen LogP contribution in [0.15, 0.2) is 47.3 Å². The molecular formula is C21H15ClF3NO4. The Balaban J connectivity index is 2.00. The lowest BCUT2D eigenvalue weighted by Gasteiger charge is -2.15. The molecule has 0 bridgehead atoms. The smallest absolute Gasteiger partial charge is 0.337 e. The number of carbonyl (C=O) groups excluding carboxylic acids is 1. The molecular weight excluding hydrogens is 423 g/mol. The van der Waals surface area contributed by atoms with Gasteiger partial charge in [0, 0.05) is 23.4 Å². The van der Waals surface area contributed by atoms with Crippen LogP contribution in [-0.2, 0) is 11.3 Å². The molecule has 0 spiro atoms. The quantitative estimate of drug-likeness (QED) is 0.548. The van der Waals surface area contributed by atoms with Gasteiger partial charge in [0.05, 0.1) is 18.4 Å². The molecule has 0 radical (unpaired) electrons. The largest absolute Gasteiger partial charge is 0.487 e. The van der Waals surface area contributed by atoms with Crippen LogP contribution in [-0.4, -0.2) is 17.6 Å². The first-order valence-electron chi connectivity index (χ1n) is 8.60. The van der Waals surface area contributed by atoms with Crippen LogP contribution < -0.4 is 10.3 Å². The van der Waals surface area contributed by atoms with Gasteiger partial charge in [-0.1, -0.05) is 11.6 Å². The summed E-state index contributed by atoms with van der Waals surface area (Å²) in [6.45, 7) is 1.20. The maximum absolute atomic E-state index is 14.4. The molecule has 0 aliphatic rings. The second-order valence-corrected chi connectivity index (χ2v) is 6.66. The number of hydrogen-bond acceptors (Lipinski definition) is 4. The number of carbonyl (C=O) groups is 1. The van der Waals surface area contributed by atoms with E-state index in [2.05, 4.69) is 4.74 Å². The molecule has 1 aromatic heterocycles. The van der Waals surface area contributed by atoms with Gasteiger partial charge in [0.1, 0.15) is 34.8 Å². The number of hydrogen-bond donors (Lipinski definition) is 0. The van der Waals surface area contributed by atoms with Gasteiger partial charge < -0.3 is 9.47 Å². The van der Waals surface area contributed by atoms with E-state index < -0.39 is 29.0 Å². The molecule has 9 heteroatoms. The van der Waals surface area contributed by atoms with E-state index in [1.807, 2.05) is 0 Å².